The third kappa shape index (κ3) is 4.91. The molecule has 0 aromatic heterocycles. The zero-order valence-corrected chi connectivity index (χ0v) is 15.5. The van der Waals surface area contributed by atoms with Crippen LogP contribution in [0.15, 0.2) is 42.5 Å². The first-order valence-corrected chi connectivity index (χ1v) is 8.65. The standard InChI is InChI=1S/C20H22N2O5/c1-4-13(2)15-8-5-6-10-17(15)21-19(23)12-27-20(24)16-9-7-11-18(14(16)3)22(25)26/h5-11,13H,4,12H2,1-3H3,(H,21,23)/t13-/m1/s1. The molecule has 1 N–H and O–H groups in total. The fourth-order valence-corrected chi connectivity index (χ4v) is 2.70. The summed E-state index contributed by atoms with van der Waals surface area (Å²) in [6.45, 7) is 5.12. The lowest BCUT2D eigenvalue weighted by molar-refractivity contribution is -0.385. The van der Waals surface area contributed by atoms with E-state index >= 15 is 0 Å². The van der Waals surface area contributed by atoms with Crippen LogP contribution in [0.4, 0.5) is 11.4 Å². The predicted octanol–water partition coefficient (Wildman–Crippen LogP) is 4.21. The molecule has 0 spiro atoms. The van der Waals surface area contributed by atoms with Crippen LogP contribution < -0.4 is 5.32 Å². The summed E-state index contributed by atoms with van der Waals surface area (Å²) in [6, 6.07) is 11.6. The normalized spacial score (nSPS) is 11.5. The van der Waals surface area contributed by atoms with Crippen molar-refractivity contribution >= 4 is 23.3 Å². The molecule has 142 valence electrons. The highest BCUT2D eigenvalue weighted by molar-refractivity contribution is 5.97. The molecule has 2 rings (SSSR count). The number of nitro benzene ring substituents is 1. The van der Waals surface area contributed by atoms with Gasteiger partial charge in [0, 0.05) is 17.3 Å². The Kier molecular flexibility index (Phi) is 6.65. The van der Waals surface area contributed by atoms with E-state index in [9.17, 15) is 19.7 Å². The monoisotopic (exact) mass is 370 g/mol. The van der Waals surface area contributed by atoms with Crippen molar-refractivity contribution in [3.8, 4) is 0 Å². The molecule has 7 nitrogen and oxygen atoms in total. The van der Waals surface area contributed by atoms with Gasteiger partial charge in [-0.2, -0.15) is 0 Å². The zero-order chi connectivity index (χ0) is 20.0. The lowest BCUT2D eigenvalue weighted by atomic mass is 9.97. The first-order chi connectivity index (χ1) is 12.8. The minimum Gasteiger partial charge on any atom is -0.452 e. The van der Waals surface area contributed by atoms with Crippen molar-refractivity contribution in [2.75, 3.05) is 11.9 Å². The number of nitro groups is 1. The molecule has 2 aromatic rings. The second-order valence-corrected chi connectivity index (χ2v) is 6.23. The lowest BCUT2D eigenvalue weighted by Crippen LogP contribution is -2.22. The van der Waals surface area contributed by atoms with Crippen LogP contribution in [0.2, 0.25) is 0 Å². The third-order valence-electron chi connectivity index (χ3n) is 4.43. The summed E-state index contributed by atoms with van der Waals surface area (Å²) in [5.41, 5.74) is 1.79. The average molecular weight is 370 g/mol. The molecular weight excluding hydrogens is 348 g/mol. The molecule has 0 saturated heterocycles. The molecule has 0 saturated carbocycles. The number of hydrogen-bond donors (Lipinski definition) is 1. The van der Waals surface area contributed by atoms with Gasteiger partial charge in [0.25, 0.3) is 11.6 Å². The van der Waals surface area contributed by atoms with Gasteiger partial charge in [-0.1, -0.05) is 38.1 Å². The molecule has 0 fully saturated rings. The van der Waals surface area contributed by atoms with Gasteiger partial charge in [0.05, 0.1) is 10.5 Å². The zero-order valence-electron chi connectivity index (χ0n) is 15.5. The van der Waals surface area contributed by atoms with Crippen LogP contribution in [0, 0.1) is 17.0 Å². The van der Waals surface area contributed by atoms with Crippen LogP contribution >= 0.6 is 0 Å². The Hall–Kier alpha value is -3.22. The fourth-order valence-electron chi connectivity index (χ4n) is 2.70. The summed E-state index contributed by atoms with van der Waals surface area (Å²) in [7, 11) is 0. The van der Waals surface area contributed by atoms with Crippen LogP contribution in [-0.2, 0) is 9.53 Å². The van der Waals surface area contributed by atoms with Gasteiger partial charge in [-0.15, -0.1) is 0 Å². The minimum absolute atomic E-state index is 0.0667. The number of nitrogens with one attached hydrogen (secondary N) is 1. The Morgan fingerprint density at radius 3 is 2.56 bits per heavy atom. The van der Waals surface area contributed by atoms with E-state index in [2.05, 4.69) is 19.2 Å². The van der Waals surface area contributed by atoms with Gasteiger partial charge in [-0.25, -0.2) is 4.79 Å². The summed E-state index contributed by atoms with van der Waals surface area (Å²) >= 11 is 0. The van der Waals surface area contributed by atoms with E-state index in [1.165, 1.54) is 25.1 Å². The summed E-state index contributed by atoms with van der Waals surface area (Å²) in [5.74, 6) is -0.972. The van der Waals surface area contributed by atoms with E-state index in [1.54, 1.807) is 6.07 Å². The van der Waals surface area contributed by atoms with E-state index in [0.717, 1.165) is 12.0 Å². The van der Waals surface area contributed by atoms with Gasteiger partial charge in [-0.3, -0.25) is 14.9 Å². The predicted molar refractivity (Wildman–Crippen MR) is 102 cm³/mol. The third-order valence-corrected chi connectivity index (χ3v) is 4.43. The second kappa shape index (κ2) is 8.93. The molecule has 0 aliphatic rings. The highest BCUT2D eigenvalue weighted by Gasteiger charge is 2.20. The fraction of sp³-hybridized carbons (Fsp3) is 0.300. The Balaban J connectivity index is 2.04. The highest BCUT2D eigenvalue weighted by Crippen LogP contribution is 2.26. The van der Waals surface area contributed by atoms with Gasteiger partial charge >= 0.3 is 5.97 Å². The van der Waals surface area contributed by atoms with Crippen LogP contribution in [0.25, 0.3) is 0 Å². The Morgan fingerprint density at radius 2 is 1.89 bits per heavy atom. The van der Waals surface area contributed by atoms with E-state index < -0.39 is 23.4 Å². The first kappa shape index (κ1) is 20.1. The number of nitrogens with zero attached hydrogens (tertiary/aromatic N) is 1. The number of esters is 1. The number of amides is 1. The maximum atomic E-state index is 12.2. The average Bonchev–Trinajstić information content (AvgIpc) is 2.65. The molecule has 0 bridgehead atoms. The Labute approximate surface area is 157 Å². The topological polar surface area (TPSA) is 98.5 Å². The van der Waals surface area contributed by atoms with Crippen molar-refractivity contribution in [1.29, 1.82) is 0 Å². The van der Waals surface area contributed by atoms with Crippen molar-refractivity contribution < 1.29 is 19.2 Å². The SMILES string of the molecule is CC[C@@H](C)c1ccccc1NC(=O)COC(=O)c1cccc([N+](=O)[O-])c1C. The number of anilines is 1. The van der Waals surface area contributed by atoms with Gasteiger partial charge in [0.1, 0.15) is 0 Å². The summed E-state index contributed by atoms with van der Waals surface area (Å²) in [6.07, 6.45) is 0.925. The van der Waals surface area contributed by atoms with Gasteiger partial charge in [0.2, 0.25) is 0 Å². The number of rotatable bonds is 7. The summed E-state index contributed by atoms with van der Waals surface area (Å²) < 4.78 is 5.03. The lowest BCUT2D eigenvalue weighted by Gasteiger charge is -2.15. The molecule has 27 heavy (non-hydrogen) atoms. The number of para-hydroxylation sites is 1. The van der Waals surface area contributed by atoms with Crippen molar-refractivity contribution in [3.05, 3.63) is 69.3 Å². The maximum Gasteiger partial charge on any atom is 0.339 e. The Bertz CT molecular complexity index is 863. The number of benzene rings is 2. The van der Waals surface area contributed by atoms with Crippen molar-refractivity contribution in [2.24, 2.45) is 0 Å². The molecule has 1 atom stereocenters. The Morgan fingerprint density at radius 1 is 1.19 bits per heavy atom. The molecule has 0 heterocycles. The van der Waals surface area contributed by atoms with Crippen molar-refractivity contribution in [3.63, 3.8) is 0 Å². The number of hydrogen-bond acceptors (Lipinski definition) is 5. The van der Waals surface area contributed by atoms with Crippen molar-refractivity contribution in [1.82, 2.24) is 0 Å². The summed E-state index contributed by atoms with van der Waals surface area (Å²) in [5, 5.41) is 13.7. The van der Waals surface area contributed by atoms with E-state index in [1.807, 2.05) is 18.2 Å². The molecule has 1 amide bonds. The minimum atomic E-state index is -0.776. The molecule has 0 unspecified atom stereocenters. The first-order valence-electron chi connectivity index (χ1n) is 8.65. The highest BCUT2D eigenvalue weighted by atomic mass is 16.6. The molecule has 7 heteroatoms. The molecule has 0 aliphatic carbocycles. The van der Waals surface area contributed by atoms with Gasteiger partial charge in [0.15, 0.2) is 6.61 Å². The quantitative estimate of drug-likeness (QED) is 0.447. The van der Waals surface area contributed by atoms with Gasteiger partial charge < -0.3 is 10.1 Å². The smallest absolute Gasteiger partial charge is 0.339 e. The summed E-state index contributed by atoms with van der Waals surface area (Å²) in [4.78, 5) is 34.8. The van der Waals surface area contributed by atoms with Crippen LogP contribution in [0.3, 0.4) is 0 Å². The molecular formula is C20H22N2O5. The number of carbonyl (C=O) groups is 2. The van der Waals surface area contributed by atoms with Crippen molar-refractivity contribution in [2.45, 2.75) is 33.1 Å². The van der Waals surface area contributed by atoms with E-state index in [0.29, 0.717) is 5.69 Å². The van der Waals surface area contributed by atoms with Crippen LogP contribution in [0.5, 0.6) is 0 Å². The number of ether oxygens (including phenoxy) is 1. The van der Waals surface area contributed by atoms with Crippen LogP contribution in [-0.4, -0.2) is 23.4 Å². The largest absolute Gasteiger partial charge is 0.452 e. The second-order valence-electron chi connectivity index (χ2n) is 6.23. The number of carbonyl (C=O) groups excluding carboxylic acids is 2. The molecule has 0 aliphatic heterocycles. The van der Waals surface area contributed by atoms with Gasteiger partial charge in [-0.05, 0) is 37.0 Å². The molecule has 0 radical (unpaired) electrons. The molecule has 2 aromatic carbocycles. The van der Waals surface area contributed by atoms with E-state index in [4.69, 9.17) is 4.74 Å². The van der Waals surface area contributed by atoms with E-state index in [-0.39, 0.29) is 22.7 Å². The maximum absolute atomic E-state index is 12.2. The van der Waals surface area contributed by atoms with Crippen LogP contribution in [0.1, 0.15) is 47.7 Å².